The fourth-order valence-electron chi connectivity index (χ4n) is 3.04. The van der Waals surface area contributed by atoms with Crippen molar-refractivity contribution in [3.8, 4) is 23.1 Å². The first-order valence-corrected chi connectivity index (χ1v) is 9.48. The first-order valence-electron chi connectivity index (χ1n) is 9.48. The molecule has 3 heterocycles. The third-order valence-corrected chi connectivity index (χ3v) is 4.52. The van der Waals surface area contributed by atoms with Crippen LogP contribution in [-0.2, 0) is 0 Å². The number of rotatable bonds is 7. The number of hydrogen-bond acceptors (Lipinski definition) is 7. The molecule has 1 unspecified atom stereocenters. The van der Waals surface area contributed by atoms with Gasteiger partial charge in [-0.15, -0.1) is 0 Å². The summed E-state index contributed by atoms with van der Waals surface area (Å²) in [7, 11) is 0. The summed E-state index contributed by atoms with van der Waals surface area (Å²) in [6, 6.07) is 10.5. The maximum Gasteiger partial charge on any atom is 0.252 e. The molecule has 1 aliphatic rings. The lowest BCUT2D eigenvalue weighted by atomic mass is 10.2. The monoisotopic (exact) mass is 410 g/mol. The number of aryl methyl sites for hydroxylation is 2. The fraction of sp³-hybridized carbons (Fsp3) is 0.286. The Bertz CT molecular complexity index is 1050. The van der Waals surface area contributed by atoms with E-state index in [0.717, 1.165) is 11.4 Å². The van der Waals surface area contributed by atoms with Crippen LogP contribution in [0.1, 0.15) is 21.7 Å². The van der Waals surface area contributed by atoms with Gasteiger partial charge in [-0.25, -0.2) is 9.67 Å². The molecule has 30 heavy (non-hydrogen) atoms. The van der Waals surface area contributed by atoms with Gasteiger partial charge in [0.2, 0.25) is 6.79 Å². The van der Waals surface area contributed by atoms with Crippen molar-refractivity contribution in [3.05, 3.63) is 59.5 Å². The average molecular weight is 410 g/mol. The van der Waals surface area contributed by atoms with Crippen molar-refractivity contribution in [1.82, 2.24) is 20.1 Å². The summed E-state index contributed by atoms with van der Waals surface area (Å²) in [6.45, 7) is 4.10. The Hall–Kier alpha value is -3.59. The number of aliphatic hydroxyl groups excluding tert-OH is 1. The van der Waals surface area contributed by atoms with E-state index in [1.807, 2.05) is 19.9 Å². The minimum absolute atomic E-state index is 0.0229. The van der Waals surface area contributed by atoms with E-state index in [-0.39, 0.29) is 25.9 Å². The Morgan fingerprint density at radius 2 is 2.07 bits per heavy atom. The first-order chi connectivity index (χ1) is 14.5. The van der Waals surface area contributed by atoms with Gasteiger partial charge in [0, 0.05) is 24.5 Å². The molecule has 0 spiro atoms. The lowest BCUT2D eigenvalue weighted by Gasteiger charge is -2.13. The van der Waals surface area contributed by atoms with Crippen LogP contribution in [0.4, 0.5) is 0 Å². The number of benzene rings is 1. The SMILES string of the molecule is Cc1cc(C)n(-c2ccc(C(=O)NCC(O)COc3ccc4c(c3)OCO4)cn2)n1. The van der Waals surface area contributed by atoms with Crippen LogP contribution in [-0.4, -0.2) is 51.8 Å². The Kier molecular flexibility index (Phi) is 5.53. The van der Waals surface area contributed by atoms with Crippen LogP contribution in [0.2, 0.25) is 0 Å². The molecule has 0 bridgehead atoms. The highest BCUT2D eigenvalue weighted by Crippen LogP contribution is 2.35. The van der Waals surface area contributed by atoms with Crippen LogP contribution in [0, 0.1) is 13.8 Å². The number of carbonyl (C=O) groups is 1. The van der Waals surface area contributed by atoms with Crippen LogP contribution in [0.3, 0.4) is 0 Å². The molecule has 0 fully saturated rings. The molecular formula is C21H22N4O5. The number of nitrogens with zero attached hydrogens (tertiary/aromatic N) is 3. The van der Waals surface area contributed by atoms with Gasteiger partial charge in [-0.1, -0.05) is 0 Å². The first kappa shape index (κ1) is 19.7. The third-order valence-electron chi connectivity index (χ3n) is 4.52. The number of nitrogens with one attached hydrogen (secondary N) is 1. The van der Waals surface area contributed by atoms with E-state index >= 15 is 0 Å². The van der Waals surface area contributed by atoms with Gasteiger partial charge in [0.25, 0.3) is 5.91 Å². The number of fused-ring (bicyclic) bond motifs is 1. The number of carbonyl (C=O) groups excluding carboxylic acids is 1. The van der Waals surface area contributed by atoms with E-state index in [1.54, 1.807) is 35.0 Å². The number of hydrogen-bond donors (Lipinski definition) is 2. The molecule has 0 aliphatic carbocycles. The average Bonchev–Trinajstić information content (AvgIpc) is 3.35. The van der Waals surface area contributed by atoms with E-state index < -0.39 is 6.10 Å². The molecule has 1 atom stereocenters. The molecule has 1 aromatic carbocycles. The third kappa shape index (κ3) is 4.36. The molecule has 9 heteroatoms. The molecule has 0 saturated heterocycles. The van der Waals surface area contributed by atoms with Gasteiger partial charge in [0.05, 0.1) is 11.3 Å². The predicted molar refractivity (Wildman–Crippen MR) is 107 cm³/mol. The van der Waals surface area contributed by atoms with Crippen LogP contribution >= 0.6 is 0 Å². The largest absolute Gasteiger partial charge is 0.491 e. The second-order valence-electron chi connectivity index (χ2n) is 6.93. The van der Waals surface area contributed by atoms with Crippen molar-refractivity contribution < 1.29 is 24.1 Å². The molecule has 9 nitrogen and oxygen atoms in total. The van der Waals surface area contributed by atoms with Crippen LogP contribution in [0.25, 0.3) is 5.82 Å². The summed E-state index contributed by atoms with van der Waals surface area (Å²) in [4.78, 5) is 16.6. The highest BCUT2D eigenvalue weighted by molar-refractivity contribution is 5.93. The van der Waals surface area contributed by atoms with E-state index in [9.17, 15) is 9.90 Å². The number of ether oxygens (including phenoxy) is 3. The molecule has 3 aromatic rings. The molecule has 0 saturated carbocycles. The van der Waals surface area contributed by atoms with Crippen molar-refractivity contribution >= 4 is 5.91 Å². The Labute approximate surface area is 173 Å². The normalized spacial score (nSPS) is 13.2. The maximum absolute atomic E-state index is 12.3. The van der Waals surface area contributed by atoms with E-state index in [2.05, 4.69) is 15.4 Å². The minimum atomic E-state index is -0.874. The zero-order valence-corrected chi connectivity index (χ0v) is 16.7. The van der Waals surface area contributed by atoms with E-state index in [0.29, 0.717) is 28.6 Å². The topological polar surface area (TPSA) is 108 Å². The molecule has 0 radical (unpaired) electrons. The highest BCUT2D eigenvalue weighted by Gasteiger charge is 2.15. The van der Waals surface area contributed by atoms with Crippen molar-refractivity contribution in [3.63, 3.8) is 0 Å². The lowest BCUT2D eigenvalue weighted by Crippen LogP contribution is -2.35. The Balaban J connectivity index is 1.27. The van der Waals surface area contributed by atoms with Crippen molar-refractivity contribution in [2.24, 2.45) is 0 Å². The van der Waals surface area contributed by atoms with Crippen molar-refractivity contribution in [2.45, 2.75) is 20.0 Å². The summed E-state index contributed by atoms with van der Waals surface area (Å²) < 4.78 is 17.8. The highest BCUT2D eigenvalue weighted by atomic mass is 16.7. The quantitative estimate of drug-likeness (QED) is 0.611. The summed E-state index contributed by atoms with van der Waals surface area (Å²) in [5, 5.41) is 17.1. The number of pyridine rings is 1. The summed E-state index contributed by atoms with van der Waals surface area (Å²) in [5.41, 5.74) is 2.25. The van der Waals surface area contributed by atoms with Crippen molar-refractivity contribution in [2.75, 3.05) is 19.9 Å². The van der Waals surface area contributed by atoms with Gasteiger partial charge >= 0.3 is 0 Å². The molecule has 1 aliphatic heterocycles. The molecule has 2 N–H and O–H groups in total. The predicted octanol–water partition coefficient (Wildman–Crippen LogP) is 1.78. The van der Waals surface area contributed by atoms with Gasteiger partial charge in [-0.3, -0.25) is 4.79 Å². The molecule has 4 rings (SSSR count). The minimum Gasteiger partial charge on any atom is -0.491 e. The van der Waals surface area contributed by atoms with Crippen molar-refractivity contribution in [1.29, 1.82) is 0 Å². The number of amides is 1. The van der Waals surface area contributed by atoms with Gasteiger partial charge in [-0.2, -0.15) is 5.10 Å². The summed E-state index contributed by atoms with van der Waals surface area (Å²) >= 11 is 0. The van der Waals surface area contributed by atoms with Crippen LogP contribution < -0.4 is 19.5 Å². The van der Waals surface area contributed by atoms with Crippen LogP contribution in [0.15, 0.2) is 42.6 Å². The Morgan fingerprint density at radius 3 is 2.80 bits per heavy atom. The maximum atomic E-state index is 12.3. The number of aromatic nitrogens is 3. The van der Waals surface area contributed by atoms with Gasteiger partial charge in [0.1, 0.15) is 18.5 Å². The zero-order chi connectivity index (χ0) is 21.1. The van der Waals surface area contributed by atoms with Gasteiger partial charge in [0.15, 0.2) is 17.3 Å². The van der Waals surface area contributed by atoms with E-state index in [1.165, 1.54) is 6.20 Å². The molecule has 156 valence electrons. The summed E-state index contributed by atoms with van der Waals surface area (Å²) in [5.74, 6) is 2.12. The Morgan fingerprint density at radius 1 is 1.23 bits per heavy atom. The fourth-order valence-corrected chi connectivity index (χ4v) is 3.04. The number of aliphatic hydroxyl groups is 1. The van der Waals surface area contributed by atoms with E-state index in [4.69, 9.17) is 14.2 Å². The zero-order valence-electron chi connectivity index (χ0n) is 16.7. The lowest BCUT2D eigenvalue weighted by molar-refractivity contribution is 0.0843. The molecule has 1 amide bonds. The van der Waals surface area contributed by atoms with Gasteiger partial charge in [-0.05, 0) is 44.2 Å². The second-order valence-corrected chi connectivity index (χ2v) is 6.93. The van der Waals surface area contributed by atoms with Gasteiger partial charge < -0.3 is 24.6 Å². The molecule has 2 aromatic heterocycles. The summed E-state index contributed by atoms with van der Waals surface area (Å²) in [6.07, 6.45) is 0.609. The van der Waals surface area contributed by atoms with Crippen LogP contribution in [0.5, 0.6) is 17.2 Å². The standard InChI is InChI=1S/C21H22N4O5/c1-13-7-14(2)25(24-13)20-6-3-15(9-22-20)21(27)23-10-16(26)11-28-17-4-5-18-19(8-17)30-12-29-18/h3-9,16,26H,10-12H2,1-2H3,(H,23,27). The smallest absolute Gasteiger partial charge is 0.252 e. The molecular weight excluding hydrogens is 388 g/mol. The second kappa shape index (κ2) is 8.42.